The molecular weight excluding hydrogens is 281 g/mol. The number of nitrogens with two attached hydrogens (primary N) is 1. The zero-order valence-corrected chi connectivity index (χ0v) is 11.4. The molecule has 0 spiro atoms. The molecule has 0 radical (unpaired) electrons. The number of halogens is 1. The summed E-state index contributed by atoms with van der Waals surface area (Å²) in [5.74, 6) is 1.86. The molecule has 0 bridgehead atoms. The van der Waals surface area contributed by atoms with Crippen LogP contribution in [-0.4, -0.2) is 45.7 Å². The summed E-state index contributed by atoms with van der Waals surface area (Å²) < 4.78 is 26.2. The van der Waals surface area contributed by atoms with Crippen LogP contribution in [0.4, 0.5) is 10.2 Å². The Balaban J connectivity index is 2.38. The molecule has 1 aliphatic heterocycles. The molecule has 0 saturated carbocycles. The van der Waals surface area contributed by atoms with Crippen molar-refractivity contribution in [2.45, 2.75) is 31.0 Å². The maximum absolute atomic E-state index is 14.9. The molecule has 0 aliphatic carbocycles. The Hall–Kier alpha value is -1.95. The third kappa shape index (κ3) is 2.63. The predicted octanol–water partition coefficient (Wildman–Crippen LogP) is -0.538. The van der Waals surface area contributed by atoms with Gasteiger partial charge in [0.05, 0.1) is 6.61 Å². The van der Waals surface area contributed by atoms with Crippen LogP contribution in [0.25, 0.3) is 0 Å². The Labute approximate surface area is 120 Å². The maximum Gasteiger partial charge on any atom is 0.351 e. The molecule has 1 aliphatic rings. The molecule has 7 nitrogen and oxygen atoms in total. The van der Waals surface area contributed by atoms with Crippen molar-refractivity contribution in [3.8, 4) is 12.3 Å². The zero-order chi connectivity index (χ0) is 15.6. The Morgan fingerprint density at radius 2 is 2.48 bits per heavy atom. The molecule has 21 heavy (non-hydrogen) atoms. The Bertz CT molecular complexity index is 614. The fraction of sp³-hybridized carbons (Fsp3) is 0.538. The molecule has 114 valence electrons. The first-order valence-electron chi connectivity index (χ1n) is 6.36. The average molecular weight is 297 g/mol. The topological polar surface area (TPSA) is 99.6 Å². The van der Waals surface area contributed by atoms with E-state index < -0.39 is 29.8 Å². The van der Waals surface area contributed by atoms with E-state index >= 15 is 0 Å². The van der Waals surface area contributed by atoms with E-state index in [0.717, 1.165) is 4.57 Å². The second-order valence-corrected chi connectivity index (χ2v) is 4.59. The normalized spacial score (nSPS) is 32.0. The number of aliphatic hydroxyl groups is 1. The molecule has 0 unspecified atom stereocenters. The van der Waals surface area contributed by atoms with Crippen molar-refractivity contribution < 1.29 is 19.0 Å². The number of alkyl halides is 1. The fourth-order valence-corrected chi connectivity index (χ4v) is 2.15. The van der Waals surface area contributed by atoms with Crippen molar-refractivity contribution in [3.63, 3.8) is 0 Å². The van der Waals surface area contributed by atoms with Crippen molar-refractivity contribution in [2.75, 3.05) is 18.9 Å². The molecule has 2 heterocycles. The number of nitrogen functional groups attached to an aromatic ring is 1. The lowest BCUT2D eigenvalue weighted by molar-refractivity contribution is -0.0665. The van der Waals surface area contributed by atoms with Gasteiger partial charge in [-0.1, -0.05) is 5.92 Å². The van der Waals surface area contributed by atoms with Crippen LogP contribution in [0.3, 0.4) is 0 Å². The number of nitrogens with zero attached hydrogens (tertiary/aromatic N) is 2. The minimum absolute atomic E-state index is 0.00849. The van der Waals surface area contributed by atoms with Gasteiger partial charge >= 0.3 is 5.69 Å². The first-order chi connectivity index (χ1) is 9.93. The van der Waals surface area contributed by atoms with Crippen molar-refractivity contribution in [3.05, 3.63) is 22.7 Å². The van der Waals surface area contributed by atoms with Gasteiger partial charge in [-0.2, -0.15) is 4.98 Å². The standard InChI is InChI=1S/C13H16FN3O4/c1-3-13(14)10(18)8(7-20-4-2)21-11(13)17-6-5-9(15)16-12(17)19/h1,5-6,8,10-11,18H,4,7H2,2H3,(H2,15,16,19)/t8-,10-,11-,13-/m1/s1. The Morgan fingerprint density at radius 3 is 3.05 bits per heavy atom. The fourth-order valence-electron chi connectivity index (χ4n) is 2.15. The monoisotopic (exact) mass is 297 g/mol. The van der Waals surface area contributed by atoms with Crippen LogP contribution in [-0.2, 0) is 9.47 Å². The van der Waals surface area contributed by atoms with Gasteiger partial charge in [0, 0.05) is 12.8 Å². The number of anilines is 1. The van der Waals surface area contributed by atoms with E-state index in [1.165, 1.54) is 12.3 Å². The van der Waals surface area contributed by atoms with Crippen LogP contribution in [0.5, 0.6) is 0 Å². The summed E-state index contributed by atoms with van der Waals surface area (Å²) in [6, 6.07) is 1.31. The number of ether oxygens (including phenoxy) is 2. The summed E-state index contributed by atoms with van der Waals surface area (Å²) in [5.41, 5.74) is 1.99. The number of aliphatic hydroxyl groups excluding tert-OH is 1. The smallest absolute Gasteiger partial charge is 0.351 e. The maximum atomic E-state index is 14.9. The van der Waals surface area contributed by atoms with Gasteiger partial charge in [0.15, 0.2) is 6.23 Å². The van der Waals surface area contributed by atoms with Crippen molar-refractivity contribution in [2.24, 2.45) is 0 Å². The van der Waals surface area contributed by atoms with Crippen molar-refractivity contribution in [1.82, 2.24) is 9.55 Å². The zero-order valence-electron chi connectivity index (χ0n) is 11.4. The molecule has 4 atom stereocenters. The number of rotatable bonds is 4. The number of hydrogen-bond donors (Lipinski definition) is 2. The summed E-state index contributed by atoms with van der Waals surface area (Å²) in [4.78, 5) is 15.3. The van der Waals surface area contributed by atoms with Crippen LogP contribution in [0.15, 0.2) is 17.1 Å². The van der Waals surface area contributed by atoms with E-state index in [0.29, 0.717) is 6.61 Å². The quantitative estimate of drug-likeness (QED) is 0.724. The summed E-state index contributed by atoms with van der Waals surface area (Å²) in [7, 11) is 0. The van der Waals surface area contributed by atoms with Gasteiger partial charge in [0.1, 0.15) is 18.0 Å². The lowest BCUT2D eigenvalue weighted by atomic mass is 9.97. The van der Waals surface area contributed by atoms with Gasteiger partial charge in [-0.05, 0) is 13.0 Å². The van der Waals surface area contributed by atoms with Crippen LogP contribution in [0, 0.1) is 12.3 Å². The molecule has 8 heteroatoms. The van der Waals surface area contributed by atoms with E-state index in [1.54, 1.807) is 6.92 Å². The average Bonchev–Trinajstić information content (AvgIpc) is 2.70. The second-order valence-electron chi connectivity index (χ2n) is 4.59. The van der Waals surface area contributed by atoms with E-state index in [2.05, 4.69) is 4.98 Å². The lowest BCUT2D eigenvalue weighted by Gasteiger charge is -2.23. The minimum atomic E-state index is -2.57. The summed E-state index contributed by atoms with van der Waals surface area (Å²) in [5, 5.41) is 10.0. The van der Waals surface area contributed by atoms with Crippen molar-refractivity contribution in [1.29, 1.82) is 0 Å². The van der Waals surface area contributed by atoms with Gasteiger partial charge in [-0.15, -0.1) is 6.42 Å². The highest BCUT2D eigenvalue weighted by atomic mass is 19.1. The first-order valence-corrected chi connectivity index (χ1v) is 6.36. The predicted molar refractivity (Wildman–Crippen MR) is 72.0 cm³/mol. The molecular formula is C13H16FN3O4. The number of aromatic nitrogens is 2. The molecule has 0 aromatic carbocycles. The largest absolute Gasteiger partial charge is 0.386 e. The lowest BCUT2D eigenvalue weighted by Crippen LogP contribution is -2.44. The van der Waals surface area contributed by atoms with E-state index in [-0.39, 0.29) is 12.4 Å². The molecule has 3 N–H and O–H groups in total. The molecule has 2 rings (SSSR count). The third-order valence-corrected chi connectivity index (χ3v) is 3.26. The highest BCUT2D eigenvalue weighted by Gasteiger charge is 2.57. The van der Waals surface area contributed by atoms with E-state index in [1.807, 2.05) is 5.92 Å². The van der Waals surface area contributed by atoms with Gasteiger partial charge in [-0.25, -0.2) is 9.18 Å². The van der Waals surface area contributed by atoms with Crippen LogP contribution < -0.4 is 11.4 Å². The first kappa shape index (κ1) is 15.4. The van der Waals surface area contributed by atoms with E-state index in [9.17, 15) is 14.3 Å². The number of hydrogen-bond acceptors (Lipinski definition) is 6. The van der Waals surface area contributed by atoms with Crippen LogP contribution in [0.1, 0.15) is 13.2 Å². The van der Waals surface area contributed by atoms with Crippen LogP contribution in [0.2, 0.25) is 0 Å². The highest BCUT2D eigenvalue weighted by molar-refractivity contribution is 5.25. The second kappa shape index (κ2) is 5.81. The molecule has 1 saturated heterocycles. The third-order valence-electron chi connectivity index (χ3n) is 3.26. The molecule has 1 aromatic heterocycles. The Kier molecular flexibility index (Phi) is 4.27. The number of terminal acetylenes is 1. The van der Waals surface area contributed by atoms with Gasteiger partial charge in [0.2, 0.25) is 5.67 Å². The molecule has 1 fully saturated rings. The van der Waals surface area contributed by atoms with Gasteiger partial charge in [-0.3, -0.25) is 4.57 Å². The van der Waals surface area contributed by atoms with Crippen LogP contribution >= 0.6 is 0 Å². The Morgan fingerprint density at radius 1 is 1.76 bits per heavy atom. The SMILES string of the molecule is C#C[C@@]1(F)[C@H](O)[C@@H](COCC)O[C@H]1n1ccc(N)nc1=O. The summed E-state index contributed by atoms with van der Waals surface area (Å²) in [6.45, 7) is 2.08. The minimum Gasteiger partial charge on any atom is -0.386 e. The summed E-state index contributed by atoms with van der Waals surface area (Å²) in [6.07, 6.45) is 2.31. The highest BCUT2D eigenvalue weighted by Crippen LogP contribution is 2.40. The van der Waals surface area contributed by atoms with Gasteiger partial charge < -0.3 is 20.3 Å². The molecule has 0 amide bonds. The summed E-state index contributed by atoms with van der Waals surface area (Å²) >= 11 is 0. The van der Waals surface area contributed by atoms with E-state index in [4.69, 9.17) is 21.6 Å². The molecule has 1 aromatic rings. The van der Waals surface area contributed by atoms with Crippen molar-refractivity contribution >= 4 is 5.82 Å². The van der Waals surface area contributed by atoms with Gasteiger partial charge in [0.25, 0.3) is 0 Å².